The molecule has 2 aliphatic rings. The zero-order chi connectivity index (χ0) is 16.2. The molecule has 2 heterocycles. The molecule has 3 N–H and O–H groups in total. The number of nitrogens with zero attached hydrogens (tertiary/aromatic N) is 1. The predicted octanol–water partition coefficient (Wildman–Crippen LogP) is 0.996. The summed E-state index contributed by atoms with van der Waals surface area (Å²) >= 11 is 0. The van der Waals surface area contributed by atoms with Crippen molar-refractivity contribution in [1.82, 2.24) is 16.0 Å². The quantitative estimate of drug-likeness (QED) is 0.410. The van der Waals surface area contributed by atoms with Crippen LogP contribution in [0, 0.1) is 0 Å². The van der Waals surface area contributed by atoms with Gasteiger partial charge in [0, 0.05) is 20.1 Å². The van der Waals surface area contributed by atoms with Crippen LogP contribution in [0.25, 0.3) is 0 Å². The van der Waals surface area contributed by atoms with Crippen LogP contribution in [0.4, 0.5) is 4.79 Å². The number of nitrogens with one attached hydrogen (secondary N) is 3. The van der Waals surface area contributed by atoms with Gasteiger partial charge in [-0.1, -0.05) is 0 Å². The summed E-state index contributed by atoms with van der Waals surface area (Å²) in [5, 5.41) is 9.29. The lowest BCUT2D eigenvalue weighted by atomic mass is 9.96. The summed E-state index contributed by atoms with van der Waals surface area (Å²) in [6.07, 6.45) is 3.66. The first kappa shape index (κ1) is 16.9. The fourth-order valence-electron chi connectivity index (χ4n) is 2.82. The average Bonchev–Trinajstić information content (AvgIpc) is 3.02. The van der Waals surface area contributed by atoms with Gasteiger partial charge in [0.2, 0.25) is 0 Å². The number of carbonyl (C=O) groups is 1. The lowest BCUT2D eigenvalue weighted by Gasteiger charge is -2.23. The van der Waals surface area contributed by atoms with Gasteiger partial charge in [-0.3, -0.25) is 4.99 Å². The van der Waals surface area contributed by atoms with E-state index in [0.29, 0.717) is 31.3 Å². The van der Waals surface area contributed by atoms with Crippen LogP contribution in [-0.2, 0) is 9.47 Å². The van der Waals surface area contributed by atoms with Crippen LogP contribution in [0.1, 0.15) is 40.0 Å². The van der Waals surface area contributed by atoms with Crippen molar-refractivity contribution in [3.63, 3.8) is 0 Å². The third-order valence-corrected chi connectivity index (χ3v) is 3.74. The molecular weight excluding hydrogens is 284 g/mol. The molecule has 7 nitrogen and oxygen atoms in total. The van der Waals surface area contributed by atoms with Crippen LogP contribution in [-0.4, -0.2) is 56.0 Å². The Bertz CT molecular complexity index is 420. The third-order valence-electron chi connectivity index (χ3n) is 3.74. The highest BCUT2D eigenvalue weighted by Crippen LogP contribution is 2.34. The van der Waals surface area contributed by atoms with E-state index in [9.17, 15) is 4.79 Å². The fraction of sp³-hybridized carbons (Fsp3) is 0.867. The number of hydrogen-bond donors (Lipinski definition) is 3. The Morgan fingerprint density at radius 2 is 2.00 bits per heavy atom. The Morgan fingerprint density at radius 3 is 2.55 bits per heavy atom. The monoisotopic (exact) mass is 312 g/mol. The summed E-state index contributed by atoms with van der Waals surface area (Å²) in [6.45, 7) is 6.58. The van der Waals surface area contributed by atoms with Crippen LogP contribution in [0.2, 0.25) is 0 Å². The van der Waals surface area contributed by atoms with Gasteiger partial charge < -0.3 is 25.4 Å². The van der Waals surface area contributed by atoms with Gasteiger partial charge in [-0.25, -0.2) is 4.79 Å². The largest absolute Gasteiger partial charge is 0.444 e. The van der Waals surface area contributed by atoms with E-state index in [2.05, 4.69) is 20.9 Å². The van der Waals surface area contributed by atoms with Gasteiger partial charge in [-0.05, 0) is 40.0 Å². The molecule has 3 atom stereocenters. The molecule has 0 aromatic carbocycles. The van der Waals surface area contributed by atoms with E-state index in [4.69, 9.17) is 9.47 Å². The molecule has 2 aliphatic heterocycles. The van der Waals surface area contributed by atoms with Crippen LogP contribution in [0.5, 0.6) is 0 Å². The number of alkyl carbamates (subject to hydrolysis) is 1. The fourth-order valence-corrected chi connectivity index (χ4v) is 2.82. The minimum absolute atomic E-state index is 0.309. The standard InChI is InChI=1S/C15H28N4O3/c1-15(2,3)22-14(20)18-8-7-17-13(16-4)19-11-9-10-5-6-12(11)21-10/h10-12H,5-9H2,1-4H3,(H,18,20)(H2,16,17,19). The molecule has 1 amide bonds. The number of ether oxygens (including phenoxy) is 2. The first-order chi connectivity index (χ1) is 10.4. The maximum atomic E-state index is 11.5. The Hall–Kier alpha value is -1.50. The molecule has 2 rings (SSSR count). The SMILES string of the molecule is CN=C(NCCNC(=O)OC(C)(C)C)NC1CC2CCC1O2. The van der Waals surface area contributed by atoms with Gasteiger partial charge in [-0.15, -0.1) is 0 Å². The number of amides is 1. The molecule has 0 aromatic heterocycles. The van der Waals surface area contributed by atoms with Gasteiger partial charge in [0.05, 0.1) is 18.2 Å². The summed E-state index contributed by atoms with van der Waals surface area (Å²) in [7, 11) is 1.74. The van der Waals surface area contributed by atoms with Gasteiger partial charge >= 0.3 is 6.09 Å². The lowest BCUT2D eigenvalue weighted by Crippen LogP contribution is -2.49. The topological polar surface area (TPSA) is 84.0 Å². The first-order valence-electron chi connectivity index (χ1n) is 7.97. The van der Waals surface area contributed by atoms with E-state index in [1.165, 1.54) is 6.42 Å². The van der Waals surface area contributed by atoms with Crippen molar-refractivity contribution in [3.8, 4) is 0 Å². The van der Waals surface area contributed by atoms with E-state index in [1.54, 1.807) is 7.05 Å². The highest BCUT2D eigenvalue weighted by atomic mass is 16.6. The van der Waals surface area contributed by atoms with Crippen LogP contribution in [0.15, 0.2) is 4.99 Å². The predicted molar refractivity (Wildman–Crippen MR) is 85.0 cm³/mol. The second kappa shape index (κ2) is 7.17. The molecule has 22 heavy (non-hydrogen) atoms. The summed E-state index contributed by atoms with van der Waals surface area (Å²) < 4.78 is 11.0. The van der Waals surface area contributed by atoms with Gasteiger partial charge in [0.1, 0.15) is 5.60 Å². The molecule has 0 saturated carbocycles. The van der Waals surface area contributed by atoms with E-state index in [-0.39, 0.29) is 0 Å². The molecule has 0 radical (unpaired) electrons. The van der Waals surface area contributed by atoms with E-state index < -0.39 is 11.7 Å². The smallest absolute Gasteiger partial charge is 0.407 e. The van der Waals surface area contributed by atoms with Crippen molar-refractivity contribution < 1.29 is 14.3 Å². The molecule has 0 spiro atoms. The van der Waals surface area contributed by atoms with Crippen molar-refractivity contribution in [1.29, 1.82) is 0 Å². The van der Waals surface area contributed by atoms with Crippen LogP contribution < -0.4 is 16.0 Å². The van der Waals surface area contributed by atoms with E-state index in [0.717, 1.165) is 18.8 Å². The summed E-state index contributed by atoms with van der Waals surface area (Å²) in [5.74, 6) is 0.743. The maximum absolute atomic E-state index is 11.5. The third kappa shape index (κ3) is 5.05. The van der Waals surface area contributed by atoms with Crippen molar-refractivity contribution in [2.75, 3.05) is 20.1 Å². The molecular formula is C15H28N4O3. The zero-order valence-corrected chi connectivity index (χ0v) is 13.9. The van der Waals surface area contributed by atoms with Crippen molar-refractivity contribution in [2.24, 2.45) is 4.99 Å². The summed E-state index contributed by atoms with van der Waals surface area (Å²) in [6, 6.07) is 0.337. The highest BCUT2D eigenvalue weighted by Gasteiger charge is 2.41. The normalized spacial score (nSPS) is 27.6. The number of aliphatic imine (C=N–C) groups is 1. The number of carbonyl (C=O) groups excluding carboxylic acids is 1. The van der Waals surface area contributed by atoms with Crippen LogP contribution in [0.3, 0.4) is 0 Å². The Kier molecular flexibility index (Phi) is 5.50. The van der Waals surface area contributed by atoms with Gasteiger partial charge in [0.25, 0.3) is 0 Å². The van der Waals surface area contributed by atoms with Gasteiger partial charge in [0.15, 0.2) is 5.96 Å². The van der Waals surface area contributed by atoms with Crippen molar-refractivity contribution >= 4 is 12.1 Å². The average molecular weight is 312 g/mol. The summed E-state index contributed by atoms with van der Waals surface area (Å²) in [5.41, 5.74) is -0.475. The number of rotatable bonds is 4. The first-order valence-corrected chi connectivity index (χ1v) is 7.97. The molecule has 0 aliphatic carbocycles. The molecule has 126 valence electrons. The second-order valence-corrected chi connectivity index (χ2v) is 6.79. The number of hydrogen-bond acceptors (Lipinski definition) is 4. The number of fused-ring (bicyclic) bond motifs is 2. The molecule has 7 heteroatoms. The van der Waals surface area contributed by atoms with Gasteiger partial charge in [-0.2, -0.15) is 0 Å². The highest BCUT2D eigenvalue weighted by molar-refractivity contribution is 5.80. The van der Waals surface area contributed by atoms with E-state index in [1.807, 2.05) is 20.8 Å². The molecule has 2 bridgehead atoms. The summed E-state index contributed by atoms with van der Waals surface area (Å²) in [4.78, 5) is 15.7. The molecule has 2 saturated heterocycles. The minimum Gasteiger partial charge on any atom is -0.444 e. The van der Waals surface area contributed by atoms with E-state index >= 15 is 0 Å². The van der Waals surface area contributed by atoms with Crippen LogP contribution >= 0.6 is 0 Å². The van der Waals surface area contributed by atoms with Crippen molar-refractivity contribution in [3.05, 3.63) is 0 Å². The minimum atomic E-state index is -0.475. The Morgan fingerprint density at radius 1 is 1.27 bits per heavy atom. The Labute approximate surface area is 132 Å². The zero-order valence-electron chi connectivity index (χ0n) is 13.9. The molecule has 3 unspecified atom stereocenters. The molecule has 2 fully saturated rings. The maximum Gasteiger partial charge on any atom is 0.407 e. The Balaban J connectivity index is 1.62. The number of guanidine groups is 1. The second-order valence-electron chi connectivity index (χ2n) is 6.79. The molecule has 0 aromatic rings. The van der Waals surface area contributed by atoms with Crippen molar-refractivity contribution in [2.45, 2.75) is 63.9 Å². The lowest BCUT2D eigenvalue weighted by molar-refractivity contribution is 0.0529.